The maximum Gasteiger partial charge on any atom is 0.356 e. The standard InChI is InChI=1S/C14H23N3O2/c1-10(2)6-4-5-9-16-13-11(15)7-8-12(17-13)14(18)19-3/h7-8,10H,4-6,9,15H2,1-3H3,(H,16,17). The number of hydrogen-bond donors (Lipinski definition) is 2. The van der Waals surface area contributed by atoms with Crippen LogP contribution in [0.3, 0.4) is 0 Å². The Hall–Kier alpha value is -1.78. The lowest BCUT2D eigenvalue weighted by Crippen LogP contribution is -2.11. The highest BCUT2D eigenvalue weighted by molar-refractivity contribution is 5.88. The maximum absolute atomic E-state index is 11.4. The molecule has 0 aliphatic rings. The second-order valence-corrected chi connectivity index (χ2v) is 4.94. The molecule has 5 nitrogen and oxygen atoms in total. The smallest absolute Gasteiger partial charge is 0.356 e. The van der Waals surface area contributed by atoms with Gasteiger partial charge in [-0.1, -0.05) is 26.7 Å². The van der Waals surface area contributed by atoms with Gasteiger partial charge in [0, 0.05) is 6.54 Å². The third kappa shape index (κ3) is 5.16. The molecule has 19 heavy (non-hydrogen) atoms. The number of hydrogen-bond acceptors (Lipinski definition) is 5. The van der Waals surface area contributed by atoms with E-state index in [1.165, 1.54) is 20.0 Å². The summed E-state index contributed by atoms with van der Waals surface area (Å²) in [4.78, 5) is 15.5. The van der Waals surface area contributed by atoms with Crippen molar-refractivity contribution in [2.45, 2.75) is 33.1 Å². The van der Waals surface area contributed by atoms with E-state index >= 15 is 0 Å². The lowest BCUT2D eigenvalue weighted by atomic mass is 10.1. The molecule has 0 radical (unpaired) electrons. The van der Waals surface area contributed by atoms with Crippen LogP contribution in [-0.4, -0.2) is 24.6 Å². The van der Waals surface area contributed by atoms with Gasteiger partial charge in [-0.3, -0.25) is 0 Å². The van der Waals surface area contributed by atoms with Crippen LogP contribution in [0.15, 0.2) is 12.1 Å². The third-order valence-electron chi connectivity index (χ3n) is 2.82. The lowest BCUT2D eigenvalue weighted by Gasteiger charge is -2.10. The number of pyridine rings is 1. The predicted molar refractivity (Wildman–Crippen MR) is 77.2 cm³/mol. The van der Waals surface area contributed by atoms with Gasteiger partial charge in [-0.2, -0.15) is 0 Å². The van der Waals surface area contributed by atoms with Crippen molar-refractivity contribution in [3.05, 3.63) is 17.8 Å². The van der Waals surface area contributed by atoms with Crippen molar-refractivity contribution in [1.29, 1.82) is 0 Å². The third-order valence-corrected chi connectivity index (χ3v) is 2.82. The van der Waals surface area contributed by atoms with Gasteiger partial charge in [-0.25, -0.2) is 9.78 Å². The van der Waals surface area contributed by atoms with Crippen LogP contribution in [0, 0.1) is 5.92 Å². The zero-order valence-electron chi connectivity index (χ0n) is 11.9. The quantitative estimate of drug-likeness (QED) is 0.585. The molecule has 0 amide bonds. The van der Waals surface area contributed by atoms with Gasteiger partial charge in [0.25, 0.3) is 0 Å². The molecule has 0 atom stereocenters. The summed E-state index contributed by atoms with van der Waals surface area (Å²) in [6, 6.07) is 3.22. The van der Waals surface area contributed by atoms with Crippen LogP contribution in [0.25, 0.3) is 0 Å². The van der Waals surface area contributed by atoms with E-state index in [1.54, 1.807) is 12.1 Å². The van der Waals surface area contributed by atoms with Crippen LogP contribution in [0.4, 0.5) is 11.5 Å². The molecular formula is C14H23N3O2. The number of nitrogens with one attached hydrogen (secondary N) is 1. The van der Waals surface area contributed by atoms with Gasteiger partial charge in [0.15, 0.2) is 5.69 Å². The van der Waals surface area contributed by atoms with Crippen molar-refractivity contribution in [3.63, 3.8) is 0 Å². The number of carbonyl (C=O) groups excluding carboxylic acids is 1. The van der Waals surface area contributed by atoms with E-state index in [9.17, 15) is 4.79 Å². The van der Waals surface area contributed by atoms with Gasteiger partial charge in [0.1, 0.15) is 5.82 Å². The predicted octanol–water partition coefficient (Wildman–Crippen LogP) is 2.69. The monoisotopic (exact) mass is 265 g/mol. The van der Waals surface area contributed by atoms with Crippen LogP contribution in [0.5, 0.6) is 0 Å². The first-order valence-electron chi connectivity index (χ1n) is 6.63. The molecule has 0 unspecified atom stereocenters. The summed E-state index contributed by atoms with van der Waals surface area (Å²) in [5.74, 6) is 0.821. The summed E-state index contributed by atoms with van der Waals surface area (Å²) in [6.45, 7) is 5.23. The van der Waals surface area contributed by atoms with E-state index < -0.39 is 5.97 Å². The van der Waals surface area contributed by atoms with E-state index in [0.29, 0.717) is 11.5 Å². The number of nitrogens with two attached hydrogens (primary N) is 1. The van der Waals surface area contributed by atoms with Crippen LogP contribution in [0.2, 0.25) is 0 Å². The number of esters is 1. The molecule has 0 saturated carbocycles. The van der Waals surface area contributed by atoms with E-state index in [2.05, 4.69) is 28.9 Å². The van der Waals surface area contributed by atoms with Crippen molar-refractivity contribution in [1.82, 2.24) is 4.98 Å². The molecule has 106 valence electrons. The molecule has 0 aromatic carbocycles. The van der Waals surface area contributed by atoms with Crippen molar-refractivity contribution >= 4 is 17.5 Å². The van der Waals surface area contributed by atoms with Gasteiger partial charge in [-0.15, -0.1) is 0 Å². The van der Waals surface area contributed by atoms with E-state index in [1.807, 2.05) is 0 Å². The number of anilines is 2. The zero-order valence-corrected chi connectivity index (χ0v) is 11.9. The Morgan fingerprint density at radius 3 is 2.79 bits per heavy atom. The first-order valence-corrected chi connectivity index (χ1v) is 6.63. The molecule has 5 heteroatoms. The summed E-state index contributed by atoms with van der Waals surface area (Å²) >= 11 is 0. The van der Waals surface area contributed by atoms with Gasteiger partial charge in [-0.05, 0) is 24.5 Å². The molecule has 0 aliphatic carbocycles. The number of methoxy groups -OCH3 is 1. The summed E-state index contributed by atoms with van der Waals surface area (Å²) in [6.07, 6.45) is 3.44. The van der Waals surface area contributed by atoms with E-state index in [0.717, 1.165) is 18.9 Å². The highest BCUT2D eigenvalue weighted by Gasteiger charge is 2.09. The highest BCUT2D eigenvalue weighted by Crippen LogP contribution is 2.16. The molecule has 0 spiro atoms. The summed E-state index contributed by atoms with van der Waals surface area (Å²) < 4.78 is 4.63. The number of unbranched alkanes of at least 4 members (excludes halogenated alkanes) is 1. The molecule has 1 heterocycles. The zero-order chi connectivity index (χ0) is 14.3. The summed E-state index contributed by atoms with van der Waals surface area (Å²) in [5, 5.41) is 3.16. The van der Waals surface area contributed by atoms with Crippen LogP contribution in [-0.2, 0) is 4.74 Å². The van der Waals surface area contributed by atoms with Gasteiger partial charge in [0.2, 0.25) is 0 Å². The number of ether oxygens (including phenoxy) is 1. The second-order valence-electron chi connectivity index (χ2n) is 4.94. The van der Waals surface area contributed by atoms with Crippen molar-refractivity contribution in [2.75, 3.05) is 24.7 Å². The molecule has 1 rings (SSSR count). The molecular weight excluding hydrogens is 242 g/mol. The fourth-order valence-corrected chi connectivity index (χ4v) is 1.71. The minimum Gasteiger partial charge on any atom is -0.464 e. The average Bonchev–Trinajstić information content (AvgIpc) is 2.39. The molecule has 0 fully saturated rings. The van der Waals surface area contributed by atoms with Crippen LogP contribution >= 0.6 is 0 Å². The largest absolute Gasteiger partial charge is 0.464 e. The fraction of sp³-hybridized carbons (Fsp3) is 0.571. The molecule has 3 N–H and O–H groups in total. The Labute approximate surface area is 114 Å². The number of nitrogens with zero attached hydrogens (tertiary/aromatic N) is 1. The van der Waals surface area contributed by atoms with E-state index in [-0.39, 0.29) is 5.69 Å². The normalized spacial score (nSPS) is 10.5. The Kier molecular flexibility index (Phi) is 6.12. The number of carbonyl (C=O) groups is 1. The molecule has 0 aliphatic heterocycles. The van der Waals surface area contributed by atoms with Gasteiger partial charge >= 0.3 is 5.97 Å². The highest BCUT2D eigenvalue weighted by atomic mass is 16.5. The number of rotatable bonds is 7. The van der Waals surface area contributed by atoms with Crippen molar-refractivity contribution in [3.8, 4) is 0 Å². The fourth-order valence-electron chi connectivity index (χ4n) is 1.71. The minimum absolute atomic E-state index is 0.265. The van der Waals surface area contributed by atoms with Crippen LogP contribution in [0.1, 0.15) is 43.6 Å². The second kappa shape index (κ2) is 7.61. The molecule has 1 aromatic rings. The Morgan fingerprint density at radius 2 is 2.16 bits per heavy atom. The van der Waals surface area contributed by atoms with Crippen LogP contribution < -0.4 is 11.1 Å². The number of aromatic nitrogens is 1. The molecule has 0 saturated heterocycles. The maximum atomic E-state index is 11.4. The van der Waals surface area contributed by atoms with Crippen molar-refractivity contribution in [2.24, 2.45) is 5.92 Å². The SMILES string of the molecule is COC(=O)c1ccc(N)c(NCCCCC(C)C)n1. The van der Waals surface area contributed by atoms with E-state index in [4.69, 9.17) is 5.73 Å². The molecule has 0 bridgehead atoms. The Morgan fingerprint density at radius 1 is 1.42 bits per heavy atom. The first kappa shape index (κ1) is 15.3. The minimum atomic E-state index is -0.456. The van der Waals surface area contributed by atoms with Gasteiger partial charge < -0.3 is 15.8 Å². The summed E-state index contributed by atoms with van der Waals surface area (Å²) in [7, 11) is 1.33. The van der Waals surface area contributed by atoms with Crippen molar-refractivity contribution < 1.29 is 9.53 Å². The van der Waals surface area contributed by atoms with Gasteiger partial charge in [0.05, 0.1) is 12.8 Å². The number of nitrogen functional groups attached to an aromatic ring is 1. The first-order chi connectivity index (χ1) is 9.04. The average molecular weight is 265 g/mol. The topological polar surface area (TPSA) is 77.2 Å². The Bertz CT molecular complexity index is 419. The molecule has 1 aromatic heterocycles. The Balaban J connectivity index is 2.50. The lowest BCUT2D eigenvalue weighted by molar-refractivity contribution is 0.0594. The summed E-state index contributed by atoms with van der Waals surface area (Å²) in [5.41, 5.74) is 6.62.